The van der Waals surface area contributed by atoms with Crippen molar-refractivity contribution in [3.63, 3.8) is 0 Å². The molecule has 0 saturated carbocycles. The van der Waals surface area contributed by atoms with Gasteiger partial charge in [0.1, 0.15) is 5.60 Å². The maximum Gasteiger partial charge on any atom is 0.407 e. The second-order valence-corrected chi connectivity index (χ2v) is 5.33. The van der Waals surface area contributed by atoms with Crippen LogP contribution in [-0.4, -0.2) is 24.6 Å². The van der Waals surface area contributed by atoms with E-state index in [2.05, 4.69) is 18.0 Å². The lowest BCUT2D eigenvalue weighted by molar-refractivity contribution is -0.106. The Kier molecular flexibility index (Phi) is 13.9. The minimum atomic E-state index is -0.398. The van der Waals surface area contributed by atoms with Crippen LogP contribution in [0.4, 0.5) is 4.79 Å². The molecule has 114 valence electrons. The smallest absolute Gasteiger partial charge is 0.407 e. The summed E-state index contributed by atoms with van der Waals surface area (Å²) in [5, 5.41) is 2.77. The molecule has 0 bridgehead atoms. The highest BCUT2D eigenvalue weighted by Crippen LogP contribution is 2.07. The molecule has 0 spiro atoms. The predicted octanol–water partition coefficient (Wildman–Crippen LogP) is 2.97. The fourth-order valence-corrected chi connectivity index (χ4v) is 1.41. The van der Waals surface area contributed by atoms with Crippen molar-refractivity contribution in [2.45, 2.75) is 71.8 Å². The topological polar surface area (TPSA) is 81.4 Å². The van der Waals surface area contributed by atoms with Gasteiger partial charge in [-0.2, -0.15) is 0 Å². The van der Waals surface area contributed by atoms with Gasteiger partial charge in [-0.3, -0.25) is 4.79 Å². The van der Waals surface area contributed by atoms with Crippen molar-refractivity contribution in [2.75, 3.05) is 6.54 Å². The quantitative estimate of drug-likeness (QED) is 0.553. The van der Waals surface area contributed by atoms with Gasteiger partial charge in [0, 0.05) is 6.54 Å². The Morgan fingerprint density at radius 3 is 2.11 bits per heavy atom. The molecule has 0 aromatic carbocycles. The van der Waals surface area contributed by atoms with Crippen molar-refractivity contribution >= 4 is 12.5 Å². The summed E-state index contributed by atoms with van der Waals surface area (Å²) in [7, 11) is 0. The lowest BCUT2D eigenvalue weighted by atomic mass is 10.1. The summed E-state index contributed by atoms with van der Waals surface area (Å²) in [5.41, 5.74) is 3.77. The van der Waals surface area contributed by atoms with E-state index >= 15 is 0 Å². The molecule has 0 aliphatic carbocycles. The zero-order valence-corrected chi connectivity index (χ0v) is 12.8. The number of rotatable bonds is 7. The number of nitrogens with two attached hydrogens (primary N) is 1. The van der Waals surface area contributed by atoms with Crippen molar-refractivity contribution in [2.24, 2.45) is 5.73 Å². The van der Waals surface area contributed by atoms with E-state index < -0.39 is 5.60 Å². The second kappa shape index (κ2) is 13.2. The first kappa shape index (κ1) is 20.1. The van der Waals surface area contributed by atoms with E-state index in [4.69, 9.17) is 9.53 Å². The zero-order chi connectivity index (χ0) is 15.1. The molecule has 0 aromatic heterocycles. The summed E-state index contributed by atoms with van der Waals surface area (Å²) in [6.07, 6.45) is 7.35. The predicted molar refractivity (Wildman–Crippen MR) is 77.9 cm³/mol. The summed E-state index contributed by atoms with van der Waals surface area (Å²) in [6.45, 7) is 8.55. The van der Waals surface area contributed by atoms with E-state index in [0.717, 1.165) is 13.0 Å². The van der Waals surface area contributed by atoms with Gasteiger partial charge in [0.25, 0.3) is 0 Å². The van der Waals surface area contributed by atoms with E-state index in [1.165, 1.54) is 32.1 Å². The number of hydrogen-bond acceptors (Lipinski definition) is 3. The molecule has 19 heavy (non-hydrogen) atoms. The summed E-state index contributed by atoms with van der Waals surface area (Å²) in [5.74, 6) is 0. The van der Waals surface area contributed by atoms with Gasteiger partial charge in [-0.1, -0.05) is 39.0 Å². The van der Waals surface area contributed by atoms with Gasteiger partial charge >= 0.3 is 6.09 Å². The van der Waals surface area contributed by atoms with Crippen LogP contribution in [0.1, 0.15) is 66.2 Å². The number of hydrogen-bond donors (Lipinski definition) is 2. The normalized spacial score (nSPS) is 10.1. The Balaban J connectivity index is 0. The zero-order valence-electron chi connectivity index (χ0n) is 12.8. The standard InChI is InChI=1S/C13H27NO2.CH3NO/c1-5-6-7-8-9-10-11-14-12(15)16-13(2,3)4;2-1-3/h5-11H2,1-4H3,(H,14,15);1H,(H2,2,3). The van der Waals surface area contributed by atoms with E-state index in [1.807, 2.05) is 20.8 Å². The highest BCUT2D eigenvalue weighted by Gasteiger charge is 2.15. The van der Waals surface area contributed by atoms with Gasteiger partial charge in [-0.15, -0.1) is 0 Å². The van der Waals surface area contributed by atoms with Crippen molar-refractivity contribution in [1.82, 2.24) is 5.32 Å². The maximum atomic E-state index is 11.3. The molecule has 3 N–H and O–H groups in total. The number of carbonyl (C=O) groups excluding carboxylic acids is 2. The number of unbranched alkanes of at least 4 members (excludes halogenated alkanes) is 5. The molecule has 5 nitrogen and oxygen atoms in total. The molecular weight excluding hydrogens is 244 g/mol. The molecule has 5 heteroatoms. The lowest BCUT2D eigenvalue weighted by Gasteiger charge is -2.19. The first-order valence-electron chi connectivity index (χ1n) is 6.99. The van der Waals surface area contributed by atoms with Gasteiger partial charge in [0.15, 0.2) is 0 Å². The lowest BCUT2D eigenvalue weighted by Crippen LogP contribution is -2.32. The minimum Gasteiger partial charge on any atom is -0.444 e. The van der Waals surface area contributed by atoms with Crippen LogP contribution in [0.25, 0.3) is 0 Å². The highest BCUT2D eigenvalue weighted by molar-refractivity contribution is 5.67. The molecule has 0 atom stereocenters. The summed E-state index contributed by atoms with van der Waals surface area (Å²) < 4.78 is 5.13. The number of ether oxygens (including phenoxy) is 1. The third-order valence-corrected chi connectivity index (χ3v) is 2.20. The summed E-state index contributed by atoms with van der Waals surface area (Å²) in [4.78, 5) is 19.8. The molecule has 0 rings (SSSR count). The van der Waals surface area contributed by atoms with E-state index in [-0.39, 0.29) is 12.5 Å². The first-order valence-corrected chi connectivity index (χ1v) is 6.99. The van der Waals surface area contributed by atoms with Crippen LogP contribution < -0.4 is 11.1 Å². The van der Waals surface area contributed by atoms with Crippen LogP contribution in [0.5, 0.6) is 0 Å². The average molecular weight is 274 g/mol. The average Bonchev–Trinajstić information content (AvgIpc) is 2.26. The maximum absolute atomic E-state index is 11.3. The Bertz CT molecular complexity index is 225. The number of amides is 2. The fraction of sp³-hybridized carbons (Fsp3) is 0.857. The largest absolute Gasteiger partial charge is 0.444 e. The van der Waals surface area contributed by atoms with Crippen molar-refractivity contribution in [1.29, 1.82) is 0 Å². The SMILES string of the molecule is CCCCCCCCNC(=O)OC(C)(C)C.NC=O. The Morgan fingerprint density at radius 1 is 1.16 bits per heavy atom. The molecule has 0 aliphatic rings. The van der Waals surface area contributed by atoms with Crippen LogP contribution in [0.15, 0.2) is 0 Å². The highest BCUT2D eigenvalue weighted by atomic mass is 16.6. The van der Waals surface area contributed by atoms with Gasteiger partial charge in [0.2, 0.25) is 6.41 Å². The van der Waals surface area contributed by atoms with E-state index in [1.54, 1.807) is 0 Å². The van der Waals surface area contributed by atoms with Crippen molar-refractivity contribution < 1.29 is 14.3 Å². The number of carbonyl (C=O) groups is 2. The summed E-state index contributed by atoms with van der Waals surface area (Å²) in [6, 6.07) is 0. The Morgan fingerprint density at radius 2 is 1.63 bits per heavy atom. The molecule has 0 unspecified atom stereocenters. The number of alkyl carbamates (subject to hydrolysis) is 1. The molecule has 0 saturated heterocycles. The minimum absolute atomic E-state index is 0.250. The second-order valence-electron chi connectivity index (χ2n) is 5.33. The Labute approximate surface area is 117 Å². The van der Waals surface area contributed by atoms with Crippen LogP contribution in [-0.2, 0) is 9.53 Å². The molecule has 2 amide bonds. The third kappa shape index (κ3) is 22.4. The number of primary amides is 1. The number of nitrogens with one attached hydrogen (secondary N) is 1. The summed E-state index contributed by atoms with van der Waals surface area (Å²) >= 11 is 0. The molecule has 0 heterocycles. The van der Waals surface area contributed by atoms with Crippen LogP contribution in [0, 0.1) is 0 Å². The van der Waals surface area contributed by atoms with E-state index in [9.17, 15) is 4.79 Å². The Hall–Kier alpha value is -1.26. The molecule has 0 aromatic rings. The van der Waals surface area contributed by atoms with Crippen LogP contribution in [0.3, 0.4) is 0 Å². The molecule has 0 aliphatic heterocycles. The molecule has 0 fully saturated rings. The van der Waals surface area contributed by atoms with Gasteiger partial charge in [-0.25, -0.2) is 4.79 Å². The fourth-order valence-electron chi connectivity index (χ4n) is 1.41. The monoisotopic (exact) mass is 274 g/mol. The van der Waals surface area contributed by atoms with Crippen LogP contribution in [0.2, 0.25) is 0 Å². The third-order valence-electron chi connectivity index (χ3n) is 2.20. The van der Waals surface area contributed by atoms with Crippen molar-refractivity contribution in [3.05, 3.63) is 0 Å². The molecular formula is C14H30N2O3. The van der Waals surface area contributed by atoms with Gasteiger partial charge in [-0.05, 0) is 27.2 Å². The van der Waals surface area contributed by atoms with Crippen LogP contribution >= 0.6 is 0 Å². The van der Waals surface area contributed by atoms with E-state index in [0.29, 0.717) is 0 Å². The van der Waals surface area contributed by atoms with Gasteiger partial charge in [0.05, 0.1) is 0 Å². The van der Waals surface area contributed by atoms with Gasteiger partial charge < -0.3 is 15.8 Å². The molecule has 0 radical (unpaired) electrons. The first-order chi connectivity index (χ1) is 8.87. The van der Waals surface area contributed by atoms with Crippen molar-refractivity contribution in [3.8, 4) is 0 Å².